The van der Waals surface area contributed by atoms with Crippen LogP contribution < -0.4 is 0 Å². The minimum absolute atomic E-state index is 0.126. The fourth-order valence-electron chi connectivity index (χ4n) is 4.91. The number of likely N-dealkylation sites (tertiary alicyclic amines) is 2. The maximum Gasteiger partial charge on any atom is 0.230 e. The van der Waals surface area contributed by atoms with Gasteiger partial charge in [-0.05, 0) is 33.1 Å². The minimum atomic E-state index is -0.357. The molecule has 0 aliphatic carbocycles. The Balaban J connectivity index is 1.28. The van der Waals surface area contributed by atoms with Crippen LogP contribution in [0.15, 0.2) is 4.52 Å². The van der Waals surface area contributed by atoms with Crippen molar-refractivity contribution in [2.75, 3.05) is 59.0 Å². The van der Waals surface area contributed by atoms with E-state index in [0.717, 1.165) is 75.8 Å². The molecule has 0 saturated carbocycles. The van der Waals surface area contributed by atoms with Gasteiger partial charge in [-0.1, -0.05) is 5.16 Å². The van der Waals surface area contributed by atoms with E-state index < -0.39 is 0 Å². The molecule has 3 aliphatic heterocycles. The monoisotopic (exact) mass is 404 g/mol. The van der Waals surface area contributed by atoms with Crippen molar-refractivity contribution in [1.29, 1.82) is 0 Å². The van der Waals surface area contributed by atoms with E-state index in [0.29, 0.717) is 25.9 Å². The second kappa shape index (κ2) is 8.44. The third-order valence-electron chi connectivity index (χ3n) is 6.87. The third kappa shape index (κ3) is 4.19. The fraction of sp³-hybridized carbons (Fsp3) is 0.762. The Hall–Kier alpha value is -1.93. The van der Waals surface area contributed by atoms with Gasteiger partial charge >= 0.3 is 0 Å². The molecule has 2 amide bonds. The average Bonchev–Trinajstić information content (AvgIpc) is 3.40. The molecule has 3 aliphatic rings. The molecule has 1 aromatic rings. The normalized spacial score (nSPS) is 25.5. The van der Waals surface area contributed by atoms with Crippen molar-refractivity contribution in [2.24, 2.45) is 5.41 Å². The first-order valence-corrected chi connectivity index (χ1v) is 10.8. The summed E-state index contributed by atoms with van der Waals surface area (Å²) in [5, 5.41) is 3.96. The van der Waals surface area contributed by atoms with E-state index in [1.807, 2.05) is 23.6 Å². The Bertz CT molecular complexity index is 738. The summed E-state index contributed by atoms with van der Waals surface area (Å²) >= 11 is 0. The first-order chi connectivity index (χ1) is 14.0. The predicted molar refractivity (Wildman–Crippen MR) is 106 cm³/mol. The number of rotatable bonds is 6. The lowest BCUT2D eigenvalue weighted by molar-refractivity contribution is -0.136. The molecule has 0 N–H and O–H groups in total. The Morgan fingerprint density at radius 1 is 1.10 bits per heavy atom. The number of nitrogens with zero attached hydrogens (tertiary/aromatic N) is 4. The van der Waals surface area contributed by atoms with Gasteiger partial charge < -0.3 is 19.1 Å². The Morgan fingerprint density at radius 3 is 2.59 bits per heavy atom. The number of hydrogen-bond acceptors (Lipinski definition) is 6. The molecule has 29 heavy (non-hydrogen) atoms. The van der Waals surface area contributed by atoms with Crippen LogP contribution in [0.2, 0.25) is 0 Å². The second-order valence-electron chi connectivity index (χ2n) is 8.64. The molecule has 0 aromatic carbocycles. The van der Waals surface area contributed by atoms with Gasteiger partial charge in [-0.25, -0.2) is 0 Å². The highest BCUT2D eigenvalue weighted by Crippen LogP contribution is 2.40. The fourth-order valence-corrected chi connectivity index (χ4v) is 4.91. The predicted octanol–water partition coefficient (Wildman–Crippen LogP) is 1.01. The van der Waals surface area contributed by atoms with Crippen molar-refractivity contribution in [2.45, 2.75) is 39.5 Å². The summed E-state index contributed by atoms with van der Waals surface area (Å²) in [6.45, 7) is 11.0. The van der Waals surface area contributed by atoms with Crippen molar-refractivity contribution < 1.29 is 18.8 Å². The van der Waals surface area contributed by atoms with Crippen molar-refractivity contribution in [3.05, 3.63) is 17.0 Å². The number of hydrogen-bond donors (Lipinski definition) is 0. The molecule has 160 valence electrons. The number of carbonyl (C=O) groups is 2. The molecule has 3 fully saturated rings. The van der Waals surface area contributed by atoms with Crippen LogP contribution in [0.5, 0.6) is 0 Å². The summed E-state index contributed by atoms with van der Waals surface area (Å²) in [5.41, 5.74) is 1.53. The number of morpholine rings is 1. The maximum atomic E-state index is 13.1. The first kappa shape index (κ1) is 20.3. The van der Waals surface area contributed by atoms with Crippen LogP contribution in [-0.4, -0.2) is 90.7 Å². The van der Waals surface area contributed by atoms with E-state index in [1.165, 1.54) is 0 Å². The van der Waals surface area contributed by atoms with E-state index >= 15 is 0 Å². The van der Waals surface area contributed by atoms with E-state index in [1.54, 1.807) is 0 Å². The van der Waals surface area contributed by atoms with Crippen LogP contribution in [0.1, 0.15) is 36.3 Å². The maximum absolute atomic E-state index is 13.1. The topological polar surface area (TPSA) is 79.1 Å². The average molecular weight is 405 g/mol. The zero-order chi connectivity index (χ0) is 20.4. The highest BCUT2D eigenvalue weighted by atomic mass is 16.5. The number of amides is 2. The molecule has 0 radical (unpaired) electrons. The molecule has 0 bridgehead atoms. The molecule has 1 aromatic heterocycles. The summed E-state index contributed by atoms with van der Waals surface area (Å²) in [6.07, 6.45) is 2.73. The van der Waals surface area contributed by atoms with Gasteiger partial charge in [-0.2, -0.15) is 0 Å². The highest BCUT2D eigenvalue weighted by Gasteiger charge is 2.51. The highest BCUT2D eigenvalue weighted by molar-refractivity contribution is 5.87. The summed E-state index contributed by atoms with van der Waals surface area (Å²) in [4.78, 5) is 32.1. The summed E-state index contributed by atoms with van der Waals surface area (Å²) < 4.78 is 10.6. The van der Waals surface area contributed by atoms with Crippen LogP contribution >= 0.6 is 0 Å². The van der Waals surface area contributed by atoms with E-state index in [-0.39, 0.29) is 17.2 Å². The molecule has 4 heterocycles. The summed E-state index contributed by atoms with van der Waals surface area (Å²) in [5.74, 6) is 1.16. The van der Waals surface area contributed by atoms with Crippen LogP contribution in [0.3, 0.4) is 0 Å². The summed E-state index contributed by atoms with van der Waals surface area (Å²) in [6, 6.07) is 0. The molecular formula is C21H32N4O4. The number of aryl methyl sites for hydroxylation is 2. The lowest BCUT2D eigenvalue weighted by Gasteiger charge is -2.29. The summed E-state index contributed by atoms with van der Waals surface area (Å²) in [7, 11) is 0. The molecular weight excluding hydrogens is 372 g/mol. The standard InChI is InChI=1S/C21H32N4O4/c1-16-18(17(2)29-22-16)3-4-19(26)25-8-6-21(15-25)5-7-24(20(21)27)10-9-23-11-13-28-14-12-23/h3-15H2,1-2H3. The molecule has 1 atom stereocenters. The van der Waals surface area contributed by atoms with Gasteiger partial charge in [0.2, 0.25) is 11.8 Å². The quantitative estimate of drug-likeness (QED) is 0.704. The van der Waals surface area contributed by atoms with Gasteiger partial charge in [0.25, 0.3) is 0 Å². The molecule has 4 rings (SSSR count). The van der Waals surface area contributed by atoms with Gasteiger partial charge in [-0.3, -0.25) is 14.5 Å². The van der Waals surface area contributed by atoms with Gasteiger partial charge in [-0.15, -0.1) is 0 Å². The van der Waals surface area contributed by atoms with Gasteiger partial charge in [0.1, 0.15) is 5.76 Å². The lowest BCUT2D eigenvalue weighted by Crippen LogP contribution is -2.43. The minimum Gasteiger partial charge on any atom is -0.379 e. The zero-order valence-electron chi connectivity index (χ0n) is 17.6. The zero-order valence-corrected chi connectivity index (χ0v) is 17.6. The molecule has 1 unspecified atom stereocenters. The lowest BCUT2D eigenvalue weighted by atomic mass is 9.85. The molecule has 3 saturated heterocycles. The van der Waals surface area contributed by atoms with Gasteiger partial charge in [0.05, 0.1) is 24.3 Å². The molecule has 1 spiro atoms. The van der Waals surface area contributed by atoms with Crippen LogP contribution in [0.4, 0.5) is 0 Å². The Kier molecular flexibility index (Phi) is 5.92. The van der Waals surface area contributed by atoms with Crippen molar-refractivity contribution in [3.63, 3.8) is 0 Å². The first-order valence-electron chi connectivity index (χ1n) is 10.8. The van der Waals surface area contributed by atoms with Gasteiger partial charge in [0.15, 0.2) is 0 Å². The Morgan fingerprint density at radius 2 is 1.86 bits per heavy atom. The number of aromatic nitrogens is 1. The van der Waals surface area contributed by atoms with Crippen molar-refractivity contribution >= 4 is 11.8 Å². The second-order valence-corrected chi connectivity index (χ2v) is 8.64. The van der Waals surface area contributed by atoms with Crippen LogP contribution in [0.25, 0.3) is 0 Å². The van der Waals surface area contributed by atoms with Gasteiger partial charge in [0, 0.05) is 57.8 Å². The van der Waals surface area contributed by atoms with E-state index in [9.17, 15) is 9.59 Å². The van der Waals surface area contributed by atoms with E-state index in [4.69, 9.17) is 9.26 Å². The smallest absolute Gasteiger partial charge is 0.230 e. The number of ether oxygens (including phenoxy) is 1. The third-order valence-corrected chi connectivity index (χ3v) is 6.87. The van der Waals surface area contributed by atoms with Crippen LogP contribution in [0, 0.1) is 19.3 Å². The molecule has 8 nitrogen and oxygen atoms in total. The van der Waals surface area contributed by atoms with Crippen LogP contribution in [-0.2, 0) is 20.7 Å². The van der Waals surface area contributed by atoms with Crippen molar-refractivity contribution in [3.8, 4) is 0 Å². The molecule has 8 heteroatoms. The Labute approximate surface area is 172 Å². The SMILES string of the molecule is Cc1noc(C)c1CCC(=O)N1CCC2(CCN(CCN3CCOCC3)C2=O)C1. The van der Waals surface area contributed by atoms with E-state index in [2.05, 4.69) is 10.1 Å². The largest absolute Gasteiger partial charge is 0.379 e. The number of carbonyl (C=O) groups excluding carboxylic acids is 2. The van der Waals surface area contributed by atoms with Crippen molar-refractivity contribution in [1.82, 2.24) is 19.9 Å².